The molecule has 1 rings (SSSR count). The number of unbranched alkanes of at least 4 members (excludes halogenated alkanes) is 2. The number of rotatable bonds is 7. The summed E-state index contributed by atoms with van der Waals surface area (Å²) in [7, 11) is 1.68. The SMILES string of the molecule is C=C(CC1CCC(O)C1CCCCC)OC. The fourth-order valence-corrected chi connectivity index (χ4v) is 2.81. The van der Waals surface area contributed by atoms with Crippen LogP contribution in [0.4, 0.5) is 0 Å². The molecule has 2 nitrogen and oxygen atoms in total. The lowest BCUT2D eigenvalue weighted by Crippen LogP contribution is -2.19. The number of aliphatic hydroxyl groups is 1. The Labute approximate surface area is 99.7 Å². The van der Waals surface area contributed by atoms with Gasteiger partial charge in [-0.05, 0) is 31.1 Å². The van der Waals surface area contributed by atoms with Gasteiger partial charge in [-0.1, -0.05) is 32.8 Å². The molecule has 0 radical (unpaired) electrons. The van der Waals surface area contributed by atoms with Crippen molar-refractivity contribution in [3.8, 4) is 0 Å². The summed E-state index contributed by atoms with van der Waals surface area (Å²) in [4.78, 5) is 0. The van der Waals surface area contributed by atoms with Crippen molar-refractivity contribution in [2.45, 2.75) is 58.0 Å². The summed E-state index contributed by atoms with van der Waals surface area (Å²) in [6, 6.07) is 0. The first-order valence-electron chi connectivity index (χ1n) is 6.58. The Morgan fingerprint density at radius 2 is 2.12 bits per heavy atom. The predicted octanol–water partition coefficient (Wildman–Crippen LogP) is 3.50. The molecule has 16 heavy (non-hydrogen) atoms. The highest BCUT2D eigenvalue weighted by molar-refractivity contribution is 4.93. The molecule has 94 valence electrons. The van der Waals surface area contributed by atoms with E-state index >= 15 is 0 Å². The van der Waals surface area contributed by atoms with Crippen molar-refractivity contribution < 1.29 is 9.84 Å². The summed E-state index contributed by atoms with van der Waals surface area (Å²) in [5.41, 5.74) is 0. The second-order valence-electron chi connectivity index (χ2n) is 5.01. The summed E-state index contributed by atoms with van der Waals surface area (Å²) >= 11 is 0. The Hall–Kier alpha value is -0.500. The first-order chi connectivity index (χ1) is 7.69. The molecule has 1 saturated carbocycles. The van der Waals surface area contributed by atoms with Crippen LogP contribution in [-0.2, 0) is 4.74 Å². The van der Waals surface area contributed by atoms with E-state index in [1.54, 1.807) is 7.11 Å². The molecule has 0 aromatic carbocycles. The zero-order valence-corrected chi connectivity index (χ0v) is 10.7. The van der Waals surface area contributed by atoms with Gasteiger partial charge < -0.3 is 9.84 Å². The van der Waals surface area contributed by atoms with Crippen LogP contribution < -0.4 is 0 Å². The van der Waals surface area contributed by atoms with Crippen molar-refractivity contribution in [1.29, 1.82) is 0 Å². The summed E-state index contributed by atoms with van der Waals surface area (Å²) < 4.78 is 5.15. The van der Waals surface area contributed by atoms with Gasteiger partial charge in [0.1, 0.15) is 0 Å². The average molecular weight is 226 g/mol. The Bertz CT molecular complexity index is 213. The number of allylic oxidation sites excluding steroid dienone is 1. The van der Waals surface area contributed by atoms with Crippen LogP contribution in [0.15, 0.2) is 12.3 Å². The van der Waals surface area contributed by atoms with Gasteiger partial charge in [0.15, 0.2) is 0 Å². The summed E-state index contributed by atoms with van der Waals surface area (Å²) in [6.45, 7) is 6.11. The normalized spacial score (nSPS) is 29.3. The molecule has 0 aromatic heterocycles. The quantitative estimate of drug-likeness (QED) is 0.532. The van der Waals surface area contributed by atoms with Crippen molar-refractivity contribution in [2.75, 3.05) is 7.11 Å². The van der Waals surface area contributed by atoms with E-state index in [-0.39, 0.29) is 6.10 Å². The minimum absolute atomic E-state index is 0.0912. The van der Waals surface area contributed by atoms with Crippen LogP contribution in [0.5, 0.6) is 0 Å². The zero-order chi connectivity index (χ0) is 12.0. The number of hydrogen-bond acceptors (Lipinski definition) is 2. The van der Waals surface area contributed by atoms with Crippen LogP contribution in [0.3, 0.4) is 0 Å². The molecule has 0 amide bonds. The highest BCUT2D eigenvalue weighted by Crippen LogP contribution is 2.39. The summed E-state index contributed by atoms with van der Waals surface area (Å²) in [5, 5.41) is 9.97. The van der Waals surface area contributed by atoms with Gasteiger partial charge in [0.25, 0.3) is 0 Å². The van der Waals surface area contributed by atoms with Gasteiger partial charge in [-0.15, -0.1) is 0 Å². The molecule has 2 heteroatoms. The molecule has 0 spiro atoms. The van der Waals surface area contributed by atoms with Crippen LogP contribution in [0, 0.1) is 11.8 Å². The smallest absolute Gasteiger partial charge is 0.0886 e. The third-order valence-electron chi connectivity index (χ3n) is 3.85. The molecule has 3 unspecified atom stereocenters. The molecule has 0 aliphatic heterocycles. The van der Waals surface area contributed by atoms with Crippen LogP contribution in [0.2, 0.25) is 0 Å². The van der Waals surface area contributed by atoms with Crippen molar-refractivity contribution in [3.63, 3.8) is 0 Å². The number of aliphatic hydroxyl groups excluding tert-OH is 1. The molecule has 1 fully saturated rings. The standard InChI is InChI=1S/C14H26O2/c1-4-5-6-7-13-12(8-9-14(13)15)10-11(2)16-3/h12-15H,2,4-10H2,1,3H3. The largest absolute Gasteiger partial charge is 0.502 e. The molecule has 1 aliphatic rings. The predicted molar refractivity (Wildman–Crippen MR) is 67.1 cm³/mol. The second kappa shape index (κ2) is 6.95. The lowest BCUT2D eigenvalue weighted by atomic mass is 9.87. The summed E-state index contributed by atoms with van der Waals surface area (Å²) in [6.07, 6.45) is 7.85. The number of methoxy groups -OCH3 is 1. The number of ether oxygens (including phenoxy) is 1. The number of hydrogen-bond donors (Lipinski definition) is 1. The first kappa shape index (κ1) is 13.6. The first-order valence-corrected chi connectivity index (χ1v) is 6.58. The molecule has 3 atom stereocenters. The molecule has 1 aliphatic carbocycles. The monoisotopic (exact) mass is 226 g/mol. The van der Waals surface area contributed by atoms with Gasteiger partial charge in [0.2, 0.25) is 0 Å². The van der Waals surface area contributed by atoms with E-state index in [0.717, 1.165) is 31.4 Å². The maximum absolute atomic E-state index is 9.97. The Balaban J connectivity index is 2.39. The zero-order valence-electron chi connectivity index (χ0n) is 10.7. The average Bonchev–Trinajstić information content (AvgIpc) is 2.61. The van der Waals surface area contributed by atoms with E-state index in [1.165, 1.54) is 19.3 Å². The van der Waals surface area contributed by atoms with E-state index in [9.17, 15) is 5.11 Å². The van der Waals surface area contributed by atoms with Crippen molar-refractivity contribution in [2.24, 2.45) is 11.8 Å². The van der Waals surface area contributed by atoms with E-state index in [2.05, 4.69) is 13.5 Å². The molecule has 0 bridgehead atoms. The van der Waals surface area contributed by atoms with Gasteiger partial charge in [0, 0.05) is 6.42 Å². The van der Waals surface area contributed by atoms with E-state index in [1.807, 2.05) is 0 Å². The van der Waals surface area contributed by atoms with Crippen LogP contribution in [-0.4, -0.2) is 18.3 Å². The Morgan fingerprint density at radius 1 is 1.38 bits per heavy atom. The highest BCUT2D eigenvalue weighted by Gasteiger charge is 2.34. The minimum Gasteiger partial charge on any atom is -0.502 e. The van der Waals surface area contributed by atoms with Crippen LogP contribution in [0.25, 0.3) is 0 Å². The third-order valence-corrected chi connectivity index (χ3v) is 3.85. The molecule has 0 aromatic rings. The van der Waals surface area contributed by atoms with Gasteiger partial charge >= 0.3 is 0 Å². The van der Waals surface area contributed by atoms with Gasteiger partial charge in [-0.2, -0.15) is 0 Å². The Kier molecular flexibility index (Phi) is 5.89. The van der Waals surface area contributed by atoms with Gasteiger partial charge in [0.05, 0.1) is 19.0 Å². The topological polar surface area (TPSA) is 29.5 Å². The fraction of sp³-hybridized carbons (Fsp3) is 0.857. The minimum atomic E-state index is -0.0912. The maximum Gasteiger partial charge on any atom is 0.0886 e. The third kappa shape index (κ3) is 3.82. The fourth-order valence-electron chi connectivity index (χ4n) is 2.81. The van der Waals surface area contributed by atoms with Crippen LogP contribution >= 0.6 is 0 Å². The molecule has 0 heterocycles. The van der Waals surface area contributed by atoms with E-state index in [4.69, 9.17) is 4.74 Å². The molecule has 1 N–H and O–H groups in total. The highest BCUT2D eigenvalue weighted by atomic mass is 16.5. The van der Waals surface area contributed by atoms with Crippen molar-refractivity contribution >= 4 is 0 Å². The van der Waals surface area contributed by atoms with E-state index in [0.29, 0.717) is 11.8 Å². The lowest BCUT2D eigenvalue weighted by molar-refractivity contribution is 0.106. The molecular weight excluding hydrogens is 200 g/mol. The Morgan fingerprint density at radius 3 is 2.75 bits per heavy atom. The van der Waals surface area contributed by atoms with Gasteiger partial charge in [-0.25, -0.2) is 0 Å². The van der Waals surface area contributed by atoms with Crippen LogP contribution in [0.1, 0.15) is 51.9 Å². The maximum atomic E-state index is 9.97. The second-order valence-corrected chi connectivity index (χ2v) is 5.01. The molecule has 0 saturated heterocycles. The van der Waals surface area contributed by atoms with Gasteiger partial charge in [-0.3, -0.25) is 0 Å². The molecular formula is C14H26O2. The van der Waals surface area contributed by atoms with Crippen molar-refractivity contribution in [1.82, 2.24) is 0 Å². The van der Waals surface area contributed by atoms with Crippen molar-refractivity contribution in [3.05, 3.63) is 12.3 Å². The summed E-state index contributed by atoms with van der Waals surface area (Å²) in [5.74, 6) is 1.91. The lowest BCUT2D eigenvalue weighted by Gasteiger charge is -2.22. The van der Waals surface area contributed by atoms with E-state index < -0.39 is 0 Å².